The number of likely N-dealkylation sites (tertiary alicyclic amines) is 1. The van der Waals surface area contributed by atoms with E-state index in [1.54, 1.807) is 11.8 Å². The van der Waals surface area contributed by atoms with Gasteiger partial charge in [0.1, 0.15) is 11.9 Å². The lowest BCUT2D eigenvalue weighted by Crippen LogP contribution is -2.63. The van der Waals surface area contributed by atoms with Crippen LogP contribution in [0.1, 0.15) is 85.5 Å². The number of carbonyl (C=O) groups excluding carboxylic acids is 3. The monoisotopic (exact) mass is 600 g/mol. The Hall–Kier alpha value is -1.38. The number of carbonyl (C=O) groups is 3. The Bertz CT molecular complexity index is 1110. The highest BCUT2D eigenvalue weighted by Crippen LogP contribution is 2.68. The molecule has 2 bridgehead atoms. The number of ketones is 1. The highest BCUT2D eigenvalue weighted by Gasteiger charge is 2.68. The van der Waals surface area contributed by atoms with Crippen LogP contribution < -0.4 is 5.73 Å². The molecule has 8 heteroatoms. The molecule has 0 aromatic carbocycles. The molecule has 6 aliphatic rings. The first-order valence-electron chi connectivity index (χ1n) is 16.5. The van der Waals surface area contributed by atoms with Crippen LogP contribution in [0.2, 0.25) is 0 Å². The van der Waals surface area contributed by atoms with Crippen LogP contribution in [0.25, 0.3) is 0 Å². The molecular formula is C34H52N2O5S. The molecule has 7 nitrogen and oxygen atoms in total. The lowest BCUT2D eigenvalue weighted by molar-refractivity contribution is -0.205. The van der Waals surface area contributed by atoms with Crippen molar-refractivity contribution in [3.05, 3.63) is 12.7 Å². The maximum atomic E-state index is 13.6. The van der Waals surface area contributed by atoms with E-state index < -0.39 is 23.0 Å². The number of hydrogen-bond donors (Lipinski definition) is 2. The molecule has 1 amide bonds. The van der Waals surface area contributed by atoms with Crippen LogP contribution in [-0.2, 0) is 19.1 Å². The molecular weight excluding hydrogens is 548 g/mol. The summed E-state index contributed by atoms with van der Waals surface area (Å²) in [5.74, 6) is 1.81. The number of rotatable bonds is 7. The van der Waals surface area contributed by atoms with E-state index in [9.17, 15) is 19.5 Å². The summed E-state index contributed by atoms with van der Waals surface area (Å²) in [5.41, 5.74) is 4.84. The first-order chi connectivity index (χ1) is 19.8. The van der Waals surface area contributed by atoms with E-state index in [2.05, 4.69) is 27.4 Å². The van der Waals surface area contributed by atoms with Gasteiger partial charge in [-0.05, 0) is 86.4 Å². The molecule has 42 heavy (non-hydrogen) atoms. The largest absolute Gasteiger partial charge is 0.461 e. The van der Waals surface area contributed by atoms with Gasteiger partial charge in [-0.15, -0.1) is 18.3 Å². The molecule has 0 aromatic heterocycles. The SMILES string of the molecule is C=C[C@]1(C)C[C@@H](OC(=O)CSC2CC3CN(C(=O)[C@H](N)C4CC4)CC3C2)[C@]2(C)[C@H](C)CC[C@]3(CCC(=O)[C@H]32)[C@@H](C)[C@@H]1O. The molecule has 0 aromatic rings. The van der Waals surface area contributed by atoms with Gasteiger partial charge < -0.3 is 20.5 Å². The first kappa shape index (κ1) is 30.6. The van der Waals surface area contributed by atoms with Gasteiger partial charge in [0, 0.05) is 41.5 Å². The van der Waals surface area contributed by atoms with Crippen molar-refractivity contribution in [1.29, 1.82) is 0 Å². The standard InChI is InChI=1S/C34H52N2O5S/c1-6-32(4)15-26(33(5)19(2)9-11-34(20(3)30(32)39)12-10-25(37)29(33)34)41-27(38)18-42-24-13-22-16-36(17-23(22)14-24)31(40)28(35)21-7-8-21/h6,19-24,26,28-30,39H,1,7-18,35H2,2-5H3/t19-,20+,22?,23?,24?,26-,28-,29+,30+,32-,33+,34+/m1/s1. The number of fused-ring (bicyclic) bond motifs is 1. The predicted octanol–water partition coefficient (Wildman–Crippen LogP) is 4.60. The highest BCUT2D eigenvalue weighted by atomic mass is 32.2. The number of esters is 1. The number of thioether (sulfide) groups is 1. The molecule has 234 valence electrons. The second kappa shape index (κ2) is 10.9. The van der Waals surface area contributed by atoms with Crippen molar-refractivity contribution < 1.29 is 24.2 Å². The fraction of sp³-hybridized carbons (Fsp3) is 0.853. The normalized spacial score (nSPS) is 47.3. The molecule has 0 spiro atoms. The topological polar surface area (TPSA) is 110 Å². The molecule has 0 radical (unpaired) electrons. The Morgan fingerprint density at radius 1 is 1.17 bits per heavy atom. The van der Waals surface area contributed by atoms with Crippen LogP contribution in [0, 0.1) is 51.8 Å². The van der Waals surface area contributed by atoms with E-state index >= 15 is 0 Å². The van der Waals surface area contributed by atoms with E-state index in [-0.39, 0.29) is 52.6 Å². The number of nitrogens with zero attached hydrogens (tertiary/aromatic N) is 1. The third-order valence-corrected chi connectivity index (χ3v) is 14.7. The summed E-state index contributed by atoms with van der Waals surface area (Å²) in [6, 6.07) is -0.331. The van der Waals surface area contributed by atoms with E-state index in [0.29, 0.717) is 35.8 Å². The molecule has 11 atom stereocenters. The van der Waals surface area contributed by atoms with Crippen LogP contribution >= 0.6 is 11.8 Å². The molecule has 6 rings (SSSR count). The minimum atomic E-state index is -0.653. The van der Waals surface area contributed by atoms with Gasteiger partial charge in [0.15, 0.2) is 0 Å². The minimum absolute atomic E-state index is 0.0338. The first-order valence-corrected chi connectivity index (χ1v) is 17.6. The molecule has 5 saturated carbocycles. The van der Waals surface area contributed by atoms with Crippen molar-refractivity contribution in [3.63, 3.8) is 0 Å². The van der Waals surface area contributed by atoms with Gasteiger partial charge in [0.2, 0.25) is 5.91 Å². The molecule has 5 aliphatic carbocycles. The lowest BCUT2D eigenvalue weighted by atomic mass is 9.44. The highest BCUT2D eigenvalue weighted by molar-refractivity contribution is 8.00. The van der Waals surface area contributed by atoms with Crippen LogP contribution in [0.15, 0.2) is 12.7 Å². The zero-order chi connectivity index (χ0) is 30.2. The van der Waals surface area contributed by atoms with Gasteiger partial charge in [-0.25, -0.2) is 0 Å². The Morgan fingerprint density at radius 2 is 1.83 bits per heavy atom. The number of aliphatic hydroxyl groups excluding tert-OH is 1. The average Bonchev–Trinajstić information content (AvgIpc) is 3.50. The van der Waals surface area contributed by atoms with Crippen molar-refractivity contribution in [2.45, 2.75) is 109 Å². The van der Waals surface area contributed by atoms with E-state index in [4.69, 9.17) is 10.5 Å². The van der Waals surface area contributed by atoms with Gasteiger partial charge in [0.05, 0.1) is 17.9 Å². The van der Waals surface area contributed by atoms with Crippen molar-refractivity contribution in [2.24, 2.45) is 57.5 Å². The van der Waals surface area contributed by atoms with Crippen LogP contribution in [0.3, 0.4) is 0 Å². The summed E-state index contributed by atoms with van der Waals surface area (Å²) in [6.07, 6.45) is 8.65. The number of aliphatic hydroxyl groups is 1. The van der Waals surface area contributed by atoms with Crippen LogP contribution in [0.5, 0.6) is 0 Å². The lowest BCUT2D eigenvalue weighted by Gasteiger charge is -2.61. The zero-order valence-corrected chi connectivity index (χ0v) is 26.9. The maximum absolute atomic E-state index is 13.6. The van der Waals surface area contributed by atoms with Crippen molar-refractivity contribution in [3.8, 4) is 0 Å². The van der Waals surface area contributed by atoms with Gasteiger partial charge in [-0.2, -0.15) is 0 Å². The summed E-state index contributed by atoms with van der Waals surface area (Å²) < 4.78 is 6.44. The second-order valence-electron chi connectivity index (χ2n) is 15.6. The minimum Gasteiger partial charge on any atom is -0.461 e. The van der Waals surface area contributed by atoms with Crippen molar-refractivity contribution in [2.75, 3.05) is 18.8 Å². The zero-order valence-electron chi connectivity index (χ0n) is 26.1. The predicted molar refractivity (Wildman–Crippen MR) is 164 cm³/mol. The van der Waals surface area contributed by atoms with E-state index in [0.717, 1.165) is 58.0 Å². The number of ether oxygens (including phenoxy) is 1. The number of hydrogen-bond acceptors (Lipinski definition) is 7. The molecule has 1 heterocycles. The fourth-order valence-electron chi connectivity index (χ4n) is 10.3. The van der Waals surface area contributed by atoms with Gasteiger partial charge in [-0.3, -0.25) is 14.4 Å². The van der Waals surface area contributed by atoms with E-state index in [1.807, 2.05) is 17.9 Å². The summed E-state index contributed by atoms with van der Waals surface area (Å²) in [5, 5.41) is 12.1. The smallest absolute Gasteiger partial charge is 0.316 e. The van der Waals surface area contributed by atoms with Crippen molar-refractivity contribution >= 4 is 29.4 Å². The van der Waals surface area contributed by atoms with Crippen LogP contribution in [-0.4, -0.2) is 70.0 Å². The number of nitrogens with two attached hydrogens (primary N) is 1. The number of Topliss-reactive ketones (excluding diaryl/α,β-unsaturated/α-hetero) is 1. The molecule has 1 saturated heterocycles. The summed E-state index contributed by atoms with van der Waals surface area (Å²) in [4.78, 5) is 41.9. The Morgan fingerprint density at radius 3 is 2.45 bits per heavy atom. The summed E-state index contributed by atoms with van der Waals surface area (Å²) in [7, 11) is 0. The number of amides is 1. The molecule has 6 fully saturated rings. The van der Waals surface area contributed by atoms with Gasteiger partial charge in [-0.1, -0.05) is 33.8 Å². The molecule has 3 N–H and O–H groups in total. The maximum Gasteiger partial charge on any atom is 0.316 e. The molecule has 2 unspecified atom stereocenters. The Kier molecular flexibility index (Phi) is 7.95. The average molecular weight is 601 g/mol. The summed E-state index contributed by atoms with van der Waals surface area (Å²) in [6.45, 7) is 14.3. The van der Waals surface area contributed by atoms with Gasteiger partial charge in [0.25, 0.3) is 0 Å². The van der Waals surface area contributed by atoms with Gasteiger partial charge >= 0.3 is 5.97 Å². The quantitative estimate of drug-likeness (QED) is 0.325. The summed E-state index contributed by atoms with van der Waals surface area (Å²) >= 11 is 1.69. The third-order valence-electron chi connectivity index (χ3n) is 13.4. The Balaban J connectivity index is 1.12. The third kappa shape index (κ3) is 4.81. The Labute approximate surface area is 256 Å². The fourth-order valence-corrected chi connectivity index (χ4v) is 11.5. The van der Waals surface area contributed by atoms with Crippen LogP contribution in [0.4, 0.5) is 0 Å². The molecule has 1 aliphatic heterocycles. The van der Waals surface area contributed by atoms with E-state index in [1.165, 1.54) is 0 Å². The second-order valence-corrected chi connectivity index (χ2v) is 16.9. The van der Waals surface area contributed by atoms with Crippen molar-refractivity contribution in [1.82, 2.24) is 4.90 Å².